The molecule has 0 aromatic carbocycles. The Bertz CT molecular complexity index is 398. The normalized spacial score (nSPS) is 30.3. The van der Waals surface area contributed by atoms with E-state index in [1.165, 1.54) is 25.7 Å². The fraction of sp³-hybridized carbons (Fsp3) is 0.947. The molecule has 0 aromatic heterocycles. The molecular formula is C19H35N3O2. The van der Waals surface area contributed by atoms with Crippen LogP contribution in [0.25, 0.3) is 0 Å². The summed E-state index contributed by atoms with van der Waals surface area (Å²) >= 11 is 0. The molecule has 3 rings (SSSR count). The summed E-state index contributed by atoms with van der Waals surface area (Å²) in [6, 6.07) is 0.923. The van der Waals surface area contributed by atoms with Crippen molar-refractivity contribution < 1.29 is 9.53 Å². The van der Waals surface area contributed by atoms with E-state index in [2.05, 4.69) is 17.1 Å². The lowest BCUT2D eigenvalue weighted by Crippen LogP contribution is -2.43. The Morgan fingerprint density at radius 3 is 2.71 bits per heavy atom. The van der Waals surface area contributed by atoms with Crippen molar-refractivity contribution in [3.05, 3.63) is 0 Å². The van der Waals surface area contributed by atoms with E-state index in [0.29, 0.717) is 12.0 Å². The zero-order valence-electron chi connectivity index (χ0n) is 15.3. The first-order valence-corrected chi connectivity index (χ1v) is 10.1. The van der Waals surface area contributed by atoms with Crippen LogP contribution in [0.4, 0.5) is 4.79 Å². The molecular weight excluding hydrogens is 302 g/mol. The second kappa shape index (κ2) is 9.04. The van der Waals surface area contributed by atoms with E-state index in [0.717, 1.165) is 71.1 Å². The van der Waals surface area contributed by atoms with Gasteiger partial charge in [0.05, 0.1) is 6.10 Å². The summed E-state index contributed by atoms with van der Waals surface area (Å²) in [6.45, 7) is 7.84. The number of hydrogen-bond donors (Lipinski definition) is 1. The fourth-order valence-corrected chi connectivity index (χ4v) is 4.62. The van der Waals surface area contributed by atoms with Gasteiger partial charge in [0.25, 0.3) is 0 Å². The summed E-state index contributed by atoms with van der Waals surface area (Å²) in [6.07, 6.45) is 10.3. The van der Waals surface area contributed by atoms with Crippen molar-refractivity contribution in [2.45, 2.75) is 70.4 Å². The van der Waals surface area contributed by atoms with Gasteiger partial charge >= 0.3 is 6.03 Å². The van der Waals surface area contributed by atoms with Crippen LogP contribution in [0.1, 0.15) is 58.3 Å². The number of carbonyl (C=O) groups is 1. The van der Waals surface area contributed by atoms with Crippen molar-refractivity contribution in [1.29, 1.82) is 0 Å². The van der Waals surface area contributed by atoms with Crippen molar-refractivity contribution in [1.82, 2.24) is 15.1 Å². The Kier molecular flexibility index (Phi) is 6.78. The SMILES string of the molecule is C[C@H]1C[C@@H](CCNC(=O)N2CCCN(C3CCCC3)CC2)CCO1. The van der Waals surface area contributed by atoms with Gasteiger partial charge in [-0.1, -0.05) is 12.8 Å². The highest BCUT2D eigenvalue weighted by molar-refractivity contribution is 5.74. The molecule has 5 heteroatoms. The number of amides is 2. The van der Waals surface area contributed by atoms with Gasteiger partial charge in [-0.15, -0.1) is 0 Å². The Morgan fingerprint density at radius 2 is 1.92 bits per heavy atom. The van der Waals surface area contributed by atoms with Crippen molar-refractivity contribution in [3.63, 3.8) is 0 Å². The molecule has 0 spiro atoms. The maximum absolute atomic E-state index is 12.5. The smallest absolute Gasteiger partial charge is 0.317 e. The number of urea groups is 1. The first kappa shape index (κ1) is 18.0. The van der Waals surface area contributed by atoms with Crippen LogP contribution in [0.15, 0.2) is 0 Å². The summed E-state index contributed by atoms with van der Waals surface area (Å²) in [7, 11) is 0. The fourth-order valence-electron chi connectivity index (χ4n) is 4.62. The molecule has 24 heavy (non-hydrogen) atoms. The molecule has 1 aliphatic carbocycles. The van der Waals surface area contributed by atoms with Gasteiger partial charge in [0, 0.05) is 45.4 Å². The van der Waals surface area contributed by atoms with E-state index in [1.807, 2.05) is 4.90 Å². The van der Waals surface area contributed by atoms with Crippen LogP contribution < -0.4 is 5.32 Å². The predicted octanol–water partition coefficient (Wildman–Crippen LogP) is 2.85. The van der Waals surface area contributed by atoms with Crippen LogP contribution in [0.3, 0.4) is 0 Å². The van der Waals surface area contributed by atoms with E-state index >= 15 is 0 Å². The van der Waals surface area contributed by atoms with E-state index in [-0.39, 0.29) is 6.03 Å². The number of nitrogens with zero attached hydrogens (tertiary/aromatic N) is 2. The number of nitrogens with one attached hydrogen (secondary N) is 1. The molecule has 1 saturated carbocycles. The molecule has 2 saturated heterocycles. The average molecular weight is 338 g/mol. The Balaban J connectivity index is 1.35. The summed E-state index contributed by atoms with van der Waals surface area (Å²) in [4.78, 5) is 17.1. The summed E-state index contributed by atoms with van der Waals surface area (Å²) in [5, 5.41) is 3.15. The maximum atomic E-state index is 12.5. The van der Waals surface area contributed by atoms with Crippen molar-refractivity contribution in [3.8, 4) is 0 Å². The lowest BCUT2D eigenvalue weighted by atomic mass is 9.93. The average Bonchev–Trinajstić information content (AvgIpc) is 2.99. The minimum atomic E-state index is 0.142. The first-order valence-electron chi connectivity index (χ1n) is 10.1. The molecule has 0 bridgehead atoms. The van der Waals surface area contributed by atoms with Crippen LogP contribution in [-0.4, -0.2) is 67.3 Å². The summed E-state index contributed by atoms with van der Waals surface area (Å²) < 4.78 is 5.60. The van der Waals surface area contributed by atoms with E-state index in [1.54, 1.807) is 0 Å². The molecule has 3 aliphatic rings. The molecule has 0 radical (unpaired) electrons. The molecule has 1 N–H and O–H groups in total. The van der Waals surface area contributed by atoms with Gasteiger partial charge in [-0.2, -0.15) is 0 Å². The van der Waals surface area contributed by atoms with Crippen LogP contribution in [0.2, 0.25) is 0 Å². The van der Waals surface area contributed by atoms with Gasteiger partial charge in [0.15, 0.2) is 0 Å². The van der Waals surface area contributed by atoms with Crippen LogP contribution in [-0.2, 0) is 4.74 Å². The molecule has 2 heterocycles. The Hall–Kier alpha value is -0.810. The largest absolute Gasteiger partial charge is 0.378 e. The van der Waals surface area contributed by atoms with Gasteiger partial charge in [-0.3, -0.25) is 4.90 Å². The minimum absolute atomic E-state index is 0.142. The van der Waals surface area contributed by atoms with Crippen molar-refractivity contribution >= 4 is 6.03 Å². The second-order valence-corrected chi connectivity index (χ2v) is 7.91. The summed E-state index contributed by atoms with van der Waals surface area (Å²) in [5.41, 5.74) is 0. The number of carbonyl (C=O) groups excluding carboxylic acids is 1. The topological polar surface area (TPSA) is 44.8 Å². The monoisotopic (exact) mass is 337 g/mol. The minimum Gasteiger partial charge on any atom is -0.378 e. The highest BCUT2D eigenvalue weighted by Crippen LogP contribution is 2.24. The maximum Gasteiger partial charge on any atom is 0.317 e. The molecule has 2 aliphatic heterocycles. The zero-order chi connectivity index (χ0) is 16.8. The van der Waals surface area contributed by atoms with Crippen molar-refractivity contribution in [2.75, 3.05) is 39.3 Å². The molecule has 138 valence electrons. The molecule has 0 unspecified atom stereocenters. The van der Waals surface area contributed by atoms with Crippen LogP contribution >= 0.6 is 0 Å². The molecule has 3 fully saturated rings. The highest BCUT2D eigenvalue weighted by Gasteiger charge is 2.26. The lowest BCUT2D eigenvalue weighted by molar-refractivity contribution is 0.00112. The lowest BCUT2D eigenvalue weighted by Gasteiger charge is -2.28. The van der Waals surface area contributed by atoms with Gasteiger partial charge in [0.1, 0.15) is 0 Å². The molecule has 0 aromatic rings. The van der Waals surface area contributed by atoms with Gasteiger partial charge in [-0.05, 0) is 51.4 Å². The summed E-state index contributed by atoms with van der Waals surface area (Å²) in [5.74, 6) is 0.705. The highest BCUT2D eigenvalue weighted by atomic mass is 16.5. The second-order valence-electron chi connectivity index (χ2n) is 7.91. The quantitative estimate of drug-likeness (QED) is 0.858. The Labute approximate surface area is 147 Å². The van der Waals surface area contributed by atoms with Crippen molar-refractivity contribution in [2.24, 2.45) is 5.92 Å². The van der Waals surface area contributed by atoms with Crippen LogP contribution in [0.5, 0.6) is 0 Å². The Morgan fingerprint density at radius 1 is 1.08 bits per heavy atom. The van der Waals surface area contributed by atoms with E-state index in [4.69, 9.17) is 4.74 Å². The number of rotatable bonds is 4. The number of ether oxygens (including phenoxy) is 1. The van der Waals surface area contributed by atoms with E-state index < -0.39 is 0 Å². The third-order valence-corrected chi connectivity index (χ3v) is 6.08. The predicted molar refractivity (Wildman–Crippen MR) is 96.2 cm³/mol. The molecule has 2 atom stereocenters. The van der Waals surface area contributed by atoms with E-state index in [9.17, 15) is 4.79 Å². The molecule has 2 amide bonds. The van der Waals surface area contributed by atoms with Crippen LogP contribution in [0, 0.1) is 5.92 Å². The molecule has 5 nitrogen and oxygen atoms in total. The van der Waals surface area contributed by atoms with Gasteiger partial charge < -0.3 is 15.0 Å². The number of hydrogen-bond acceptors (Lipinski definition) is 3. The first-order chi connectivity index (χ1) is 11.7. The van der Waals surface area contributed by atoms with Gasteiger partial charge in [0.2, 0.25) is 0 Å². The third kappa shape index (κ3) is 5.09. The zero-order valence-corrected chi connectivity index (χ0v) is 15.3. The van der Waals surface area contributed by atoms with Gasteiger partial charge in [-0.25, -0.2) is 4.79 Å². The standard InChI is InChI=1S/C19H35N3O2/c1-16-15-17(8-14-24-16)7-9-20-19(23)22-11-4-10-21(12-13-22)18-5-2-3-6-18/h16-18H,2-15H2,1H3,(H,20,23)/t16-,17-/m0/s1. The third-order valence-electron chi connectivity index (χ3n) is 6.08.